The maximum Gasteiger partial charge on any atom is 0.452 e. The van der Waals surface area contributed by atoms with E-state index in [-0.39, 0.29) is 17.9 Å². The van der Waals surface area contributed by atoms with Crippen molar-refractivity contribution >= 4 is 23.5 Å². The molecule has 1 aromatic heterocycles. The summed E-state index contributed by atoms with van der Waals surface area (Å²) in [5, 5.41) is 7.00. The Morgan fingerprint density at radius 3 is 2.08 bits per heavy atom. The highest BCUT2D eigenvalue weighted by Crippen LogP contribution is 2.23. The van der Waals surface area contributed by atoms with Crippen molar-refractivity contribution in [2.75, 3.05) is 20.8 Å². The molecule has 0 aliphatic carbocycles. The number of hydrogen-bond acceptors (Lipinski definition) is 7. The number of rotatable bonds is 12. The predicted octanol–water partition coefficient (Wildman–Crippen LogP) is 1.96. The van der Waals surface area contributed by atoms with Crippen LogP contribution in [0.25, 0.3) is 0 Å². The Morgan fingerprint density at radius 1 is 0.921 bits per heavy atom. The lowest BCUT2D eigenvalue weighted by Crippen LogP contribution is -2.55. The van der Waals surface area contributed by atoms with Crippen LogP contribution < -0.4 is 20.7 Å². The molecule has 206 valence electrons. The first-order valence-corrected chi connectivity index (χ1v) is 11.5. The first kappa shape index (κ1) is 30.2. The summed E-state index contributed by atoms with van der Waals surface area (Å²) in [4.78, 5) is 54.7. The molecule has 0 bridgehead atoms. The van der Waals surface area contributed by atoms with Crippen LogP contribution in [0.3, 0.4) is 0 Å². The van der Waals surface area contributed by atoms with E-state index in [1.807, 2.05) is 0 Å². The standard InChI is InChI=1S/C25H29F3N4O6/c1-14(2)19(21(33)25(26,27)28)31-24(36)20(15-8-10-16(38-4)11-9-15)32-23(35)18(13-37-3)30-22(34)17-7-5-6-12-29-17/h5-12,14,18-20H,13H2,1-4H3,(H,30,34)(H,31,36)(H,32,35)/t18-,19+,20+/m1/s1. The minimum atomic E-state index is -5.18. The number of nitrogens with zero attached hydrogens (tertiary/aromatic N) is 1. The summed E-state index contributed by atoms with van der Waals surface area (Å²) < 4.78 is 49.5. The zero-order valence-electron chi connectivity index (χ0n) is 21.2. The number of Topliss-reactive ketones (excluding diaryl/α,β-unsaturated/α-hetero) is 1. The van der Waals surface area contributed by atoms with Gasteiger partial charge in [-0.25, -0.2) is 0 Å². The number of benzene rings is 1. The van der Waals surface area contributed by atoms with E-state index in [2.05, 4.69) is 20.9 Å². The van der Waals surface area contributed by atoms with Crippen molar-refractivity contribution in [1.29, 1.82) is 0 Å². The van der Waals surface area contributed by atoms with Crippen molar-refractivity contribution < 1.29 is 41.8 Å². The number of alkyl halides is 3. The second-order valence-corrected chi connectivity index (χ2v) is 8.50. The fourth-order valence-electron chi connectivity index (χ4n) is 3.37. The number of carbonyl (C=O) groups is 4. The van der Waals surface area contributed by atoms with Gasteiger partial charge in [-0.2, -0.15) is 13.2 Å². The van der Waals surface area contributed by atoms with Crippen LogP contribution in [-0.4, -0.2) is 67.6 Å². The lowest BCUT2D eigenvalue weighted by atomic mass is 9.97. The predicted molar refractivity (Wildman–Crippen MR) is 129 cm³/mol. The van der Waals surface area contributed by atoms with Gasteiger partial charge in [0.15, 0.2) is 0 Å². The Labute approximate surface area is 217 Å². The molecule has 0 spiro atoms. The van der Waals surface area contributed by atoms with Crippen LogP contribution in [0.2, 0.25) is 0 Å². The van der Waals surface area contributed by atoms with Crippen LogP contribution >= 0.6 is 0 Å². The van der Waals surface area contributed by atoms with Gasteiger partial charge in [0.2, 0.25) is 11.8 Å². The van der Waals surface area contributed by atoms with Gasteiger partial charge in [0, 0.05) is 13.3 Å². The maximum atomic E-state index is 13.2. The molecule has 3 atom stereocenters. The number of carbonyl (C=O) groups excluding carboxylic acids is 4. The van der Waals surface area contributed by atoms with Crippen LogP contribution in [0.5, 0.6) is 5.75 Å². The van der Waals surface area contributed by atoms with Gasteiger partial charge in [0.25, 0.3) is 11.7 Å². The molecule has 2 aromatic rings. The number of ketones is 1. The molecule has 1 aromatic carbocycles. The minimum absolute atomic E-state index is 0.0243. The topological polar surface area (TPSA) is 136 Å². The smallest absolute Gasteiger partial charge is 0.452 e. The molecular formula is C25H29F3N4O6. The van der Waals surface area contributed by atoms with Crippen LogP contribution in [0.15, 0.2) is 48.7 Å². The molecular weight excluding hydrogens is 509 g/mol. The molecule has 0 radical (unpaired) electrons. The second kappa shape index (κ2) is 13.5. The van der Waals surface area contributed by atoms with Gasteiger partial charge in [-0.15, -0.1) is 0 Å². The molecule has 0 unspecified atom stereocenters. The Hall–Kier alpha value is -4.00. The van der Waals surface area contributed by atoms with Crippen LogP contribution in [-0.2, 0) is 19.1 Å². The van der Waals surface area contributed by atoms with E-state index in [1.165, 1.54) is 64.6 Å². The van der Waals surface area contributed by atoms with Crippen molar-refractivity contribution in [2.24, 2.45) is 5.92 Å². The van der Waals surface area contributed by atoms with E-state index in [1.54, 1.807) is 12.1 Å². The summed E-state index contributed by atoms with van der Waals surface area (Å²) in [6.45, 7) is 2.40. The third kappa shape index (κ3) is 8.26. The highest BCUT2D eigenvalue weighted by Gasteiger charge is 2.45. The van der Waals surface area contributed by atoms with Crippen LogP contribution in [0.4, 0.5) is 13.2 Å². The van der Waals surface area contributed by atoms with Gasteiger partial charge in [-0.1, -0.05) is 32.0 Å². The van der Waals surface area contributed by atoms with Gasteiger partial charge in [-0.05, 0) is 35.7 Å². The molecule has 38 heavy (non-hydrogen) atoms. The number of methoxy groups -OCH3 is 2. The Bertz CT molecular complexity index is 1110. The molecule has 0 aliphatic rings. The molecule has 0 fully saturated rings. The summed E-state index contributed by atoms with van der Waals surface area (Å²) in [5.74, 6) is -5.22. The lowest BCUT2D eigenvalue weighted by molar-refractivity contribution is -0.175. The van der Waals surface area contributed by atoms with Crippen molar-refractivity contribution in [3.05, 3.63) is 59.9 Å². The van der Waals surface area contributed by atoms with Crippen molar-refractivity contribution in [3.8, 4) is 5.75 Å². The average Bonchev–Trinajstić information content (AvgIpc) is 2.89. The van der Waals surface area contributed by atoms with Crippen LogP contribution in [0.1, 0.15) is 35.9 Å². The number of pyridine rings is 1. The summed E-state index contributed by atoms with van der Waals surface area (Å²) >= 11 is 0. The largest absolute Gasteiger partial charge is 0.497 e. The monoisotopic (exact) mass is 538 g/mol. The number of amides is 3. The van der Waals surface area contributed by atoms with E-state index >= 15 is 0 Å². The van der Waals surface area contributed by atoms with Crippen molar-refractivity contribution in [1.82, 2.24) is 20.9 Å². The fraction of sp³-hybridized carbons (Fsp3) is 0.400. The second-order valence-electron chi connectivity index (χ2n) is 8.50. The lowest BCUT2D eigenvalue weighted by Gasteiger charge is -2.27. The number of ether oxygens (including phenoxy) is 2. The summed E-state index contributed by atoms with van der Waals surface area (Å²) in [5.41, 5.74) is 0.210. The van der Waals surface area contributed by atoms with Gasteiger partial charge < -0.3 is 25.4 Å². The molecule has 2 rings (SSSR count). The minimum Gasteiger partial charge on any atom is -0.497 e. The molecule has 3 amide bonds. The molecule has 1 heterocycles. The van der Waals surface area contributed by atoms with Crippen molar-refractivity contribution in [2.45, 2.75) is 38.1 Å². The first-order valence-electron chi connectivity index (χ1n) is 11.5. The zero-order chi connectivity index (χ0) is 28.5. The number of nitrogens with one attached hydrogen (secondary N) is 3. The average molecular weight is 539 g/mol. The number of halogens is 3. The Kier molecular flexibility index (Phi) is 10.8. The normalized spacial score (nSPS) is 13.7. The summed E-state index contributed by atoms with van der Waals surface area (Å²) in [6, 6.07) is 5.72. The van der Waals surface area contributed by atoms with Crippen molar-refractivity contribution in [3.63, 3.8) is 0 Å². The number of aromatic nitrogens is 1. The molecule has 0 saturated carbocycles. The third-order valence-corrected chi connectivity index (χ3v) is 5.38. The SMILES string of the molecule is COC[C@@H](NC(=O)c1ccccn1)C(=O)N[C@H](C(=O)N[C@H](C(=O)C(F)(F)F)C(C)C)c1ccc(OC)cc1. The molecule has 3 N–H and O–H groups in total. The van der Waals surface area contributed by atoms with E-state index in [4.69, 9.17) is 9.47 Å². The fourth-order valence-corrected chi connectivity index (χ4v) is 3.37. The van der Waals surface area contributed by atoms with Gasteiger partial charge in [-0.3, -0.25) is 24.2 Å². The Morgan fingerprint density at radius 2 is 1.58 bits per heavy atom. The summed E-state index contributed by atoms with van der Waals surface area (Å²) in [6.07, 6.45) is -3.79. The molecule has 10 nitrogen and oxygen atoms in total. The van der Waals surface area contributed by atoms with E-state index in [9.17, 15) is 32.3 Å². The van der Waals surface area contributed by atoms with E-state index in [0.717, 1.165) is 0 Å². The van der Waals surface area contributed by atoms with Gasteiger partial charge in [0.1, 0.15) is 23.5 Å². The highest BCUT2D eigenvalue weighted by atomic mass is 19.4. The summed E-state index contributed by atoms with van der Waals surface area (Å²) in [7, 11) is 2.70. The molecule has 13 heteroatoms. The molecule has 0 saturated heterocycles. The quantitative estimate of drug-likeness (QED) is 0.376. The zero-order valence-corrected chi connectivity index (χ0v) is 21.2. The number of hydrogen-bond donors (Lipinski definition) is 3. The first-order chi connectivity index (χ1) is 17.9. The Balaban J connectivity index is 2.34. The third-order valence-electron chi connectivity index (χ3n) is 5.38. The van der Waals surface area contributed by atoms with Gasteiger partial charge in [0.05, 0.1) is 19.8 Å². The molecule has 0 aliphatic heterocycles. The van der Waals surface area contributed by atoms with E-state index in [0.29, 0.717) is 5.75 Å². The highest BCUT2D eigenvalue weighted by molar-refractivity contribution is 5.98. The van der Waals surface area contributed by atoms with E-state index < -0.39 is 53.7 Å². The maximum absolute atomic E-state index is 13.2. The van der Waals surface area contributed by atoms with Gasteiger partial charge >= 0.3 is 6.18 Å². The van der Waals surface area contributed by atoms with Crippen LogP contribution in [0, 0.1) is 5.92 Å².